The Kier molecular flexibility index (Phi) is 3.45. The summed E-state index contributed by atoms with van der Waals surface area (Å²) >= 11 is 9.59. The van der Waals surface area contributed by atoms with Crippen LogP contribution in [-0.4, -0.2) is 9.55 Å². The van der Waals surface area contributed by atoms with Crippen molar-refractivity contribution >= 4 is 33.3 Å². The van der Waals surface area contributed by atoms with E-state index in [9.17, 15) is 0 Å². The van der Waals surface area contributed by atoms with Crippen LogP contribution in [0.2, 0.25) is 5.02 Å². The topological polar surface area (TPSA) is 43.8 Å². The normalized spacial score (nSPS) is 10.8. The number of aryl methyl sites for hydroxylation is 1. The Bertz CT molecular complexity index is 563. The highest BCUT2D eigenvalue weighted by atomic mass is 79.9. The van der Waals surface area contributed by atoms with Gasteiger partial charge in [0, 0.05) is 16.6 Å². The number of nitrogens with two attached hydrogens (primary N) is 1. The Balaban J connectivity index is 2.61. The molecule has 1 aromatic carbocycles. The Morgan fingerprint density at radius 2 is 2.18 bits per heavy atom. The fraction of sp³-hybridized carbons (Fsp3) is 0.250. The van der Waals surface area contributed by atoms with Crippen LogP contribution in [0, 0.1) is 6.92 Å². The Morgan fingerprint density at radius 3 is 2.71 bits per heavy atom. The molecule has 90 valence electrons. The molecule has 0 radical (unpaired) electrons. The molecule has 0 atom stereocenters. The van der Waals surface area contributed by atoms with Gasteiger partial charge in [-0.2, -0.15) is 0 Å². The van der Waals surface area contributed by atoms with Crippen molar-refractivity contribution in [1.29, 1.82) is 0 Å². The number of halogens is 2. The largest absolute Gasteiger partial charge is 0.383 e. The van der Waals surface area contributed by atoms with Gasteiger partial charge in [-0.1, -0.05) is 33.6 Å². The smallest absolute Gasteiger partial charge is 0.131 e. The summed E-state index contributed by atoms with van der Waals surface area (Å²) in [4.78, 5) is 4.48. The molecule has 3 nitrogen and oxygen atoms in total. The summed E-state index contributed by atoms with van der Waals surface area (Å²) in [6.45, 7) is 4.78. The minimum Gasteiger partial charge on any atom is -0.383 e. The third kappa shape index (κ3) is 2.19. The highest BCUT2D eigenvalue weighted by molar-refractivity contribution is 9.10. The number of hydrogen-bond donors (Lipinski definition) is 1. The van der Waals surface area contributed by atoms with Crippen LogP contribution in [0.5, 0.6) is 0 Å². The van der Waals surface area contributed by atoms with Crippen LogP contribution in [0.1, 0.15) is 12.7 Å². The fourth-order valence-corrected chi connectivity index (χ4v) is 2.62. The maximum atomic E-state index is 6.21. The Hall–Kier alpha value is -1.00. The van der Waals surface area contributed by atoms with Gasteiger partial charge in [0.05, 0.1) is 5.02 Å². The van der Waals surface area contributed by atoms with Crippen LogP contribution in [0.3, 0.4) is 0 Å². The molecule has 1 aromatic heterocycles. The summed E-state index contributed by atoms with van der Waals surface area (Å²) in [5.41, 5.74) is 7.70. The van der Waals surface area contributed by atoms with E-state index in [1.165, 1.54) is 0 Å². The standard InChI is InChI=1S/C12H13BrClN3/c1-3-17-7(2)16-11(12(17)15)9-5-4-8(13)6-10(9)14/h4-6H,3,15H2,1-2H3. The lowest BCUT2D eigenvalue weighted by molar-refractivity contribution is 0.739. The molecule has 2 N–H and O–H groups in total. The highest BCUT2D eigenvalue weighted by Crippen LogP contribution is 2.33. The van der Waals surface area contributed by atoms with E-state index in [1.807, 2.05) is 36.6 Å². The van der Waals surface area contributed by atoms with Gasteiger partial charge in [0.1, 0.15) is 17.3 Å². The minimum atomic E-state index is 0.645. The van der Waals surface area contributed by atoms with Gasteiger partial charge >= 0.3 is 0 Å². The van der Waals surface area contributed by atoms with Crippen molar-refractivity contribution in [2.45, 2.75) is 20.4 Å². The molecule has 2 aromatic rings. The molecule has 0 spiro atoms. The van der Waals surface area contributed by atoms with E-state index in [0.29, 0.717) is 10.8 Å². The van der Waals surface area contributed by atoms with E-state index in [2.05, 4.69) is 20.9 Å². The molecule has 0 aliphatic heterocycles. The molecule has 1 heterocycles. The molecule has 0 fully saturated rings. The summed E-state index contributed by atoms with van der Waals surface area (Å²) in [5.74, 6) is 1.56. The first-order chi connectivity index (χ1) is 8.04. The molecule has 0 bridgehead atoms. The van der Waals surface area contributed by atoms with Crippen LogP contribution in [0.4, 0.5) is 5.82 Å². The number of aromatic nitrogens is 2. The van der Waals surface area contributed by atoms with E-state index >= 15 is 0 Å². The van der Waals surface area contributed by atoms with E-state index in [4.69, 9.17) is 17.3 Å². The number of rotatable bonds is 2. The maximum absolute atomic E-state index is 6.21. The quantitative estimate of drug-likeness (QED) is 0.914. The summed E-state index contributed by atoms with van der Waals surface area (Å²) in [7, 11) is 0. The SMILES string of the molecule is CCn1c(C)nc(-c2ccc(Br)cc2Cl)c1N. The number of imidazole rings is 1. The molecule has 0 saturated carbocycles. The molecule has 0 saturated heterocycles. The highest BCUT2D eigenvalue weighted by Gasteiger charge is 2.15. The zero-order valence-corrected chi connectivity index (χ0v) is 12.0. The molecule has 17 heavy (non-hydrogen) atoms. The van der Waals surface area contributed by atoms with Crippen molar-refractivity contribution in [3.8, 4) is 11.3 Å². The molecule has 0 unspecified atom stereocenters. The Labute approximate surface area is 114 Å². The summed E-state index contributed by atoms with van der Waals surface area (Å²) < 4.78 is 2.91. The second-order valence-corrected chi connectivity index (χ2v) is 5.08. The number of hydrogen-bond acceptors (Lipinski definition) is 2. The van der Waals surface area contributed by atoms with Gasteiger partial charge in [-0.15, -0.1) is 0 Å². The average molecular weight is 315 g/mol. The Morgan fingerprint density at radius 1 is 1.47 bits per heavy atom. The van der Waals surface area contributed by atoms with Crippen molar-refractivity contribution in [2.75, 3.05) is 5.73 Å². The first-order valence-electron chi connectivity index (χ1n) is 5.32. The monoisotopic (exact) mass is 313 g/mol. The van der Waals surface area contributed by atoms with Gasteiger partial charge in [-0.25, -0.2) is 4.98 Å². The van der Waals surface area contributed by atoms with Crippen LogP contribution in [0.15, 0.2) is 22.7 Å². The van der Waals surface area contributed by atoms with Crippen LogP contribution in [0.25, 0.3) is 11.3 Å². The molecular weight excluding hydrogens is 302 g/mol. The zero-order chi connectivity index (χ0) is 12.6. The second-order valence-electron chi connectivity index (χ2n) is 3.76. The van der Waals surface area contributed by atoms with E-state index in [0.717, 1.165) is 28.1 Å². The average Bonchev–Trinajstić information content (AvgIpc) is 2.54. The predicted molar refractivity (Wildman–Crippen MR) is 75.2 cm³/mol. The van der Waals surface area contributed by atoms with E-state index < -0.39 is 0 Å². The lowest BCUT2D eigenvalue weighted by Gasteiger charge is -2.05. The molecule has 0 amide bonds. The lowest BCUT2D eigenvalue weighted by Crippen LogP contribution is -2.02. The van der Waals surface area contributed by atoms with Gasteiger partial charge in [0.2, 0.25) is 0 Å². The number of benzene rings is 1. The van der Waals surface area contributed by atoms with Gasteiger partial charge in [-0.05, 0) is 26.0 Å². The van der Waals surface area contributed by atoms with Crippen molar-refractivity contribution in [3.63, 3.8) is 0 Å². The zero-order valence-electron chi connectivity index (χ0n) is 9.67. The lowest BCUT2D eigenvalue weighted by atomic mass is 10.1. The van der Waals surface area contributed by atoms with Crippen molar-refractivity contribution in [1.82, 2.24) is 9.55 Å². The minimum absolute atomic E-state index is 0.645. The van der Waals surface area contributed by atoms with E-state index in [-0.39, 0.29) is 0 Å². The number of nitrogen functional groups attached to an aromatic ring is 1. The van der Waals surface area contributed by atoms with Gasteiger partial charge < -0.3 is 10.3 Å². The van der Waals surface area contributed by atoms with E-state index in [1.54, 1.807) is 0 Å². The van der Waals surface area contributed by atoms with Gasteiger partial charge in [-0.3, -0.25) is 0 Å². The number of anilines is 1. The summed E-state index contributed by atoms with van der Waals surface area (Å²) in [6.07, 6.45) is 0. The first kappa shape index (κ1) is 12.5. The third-order valence-electron chi connectivity index (χ3n) is 2.70. The van der Waals surface area contributed by atoms with Crippen LogP contribution >= 0.6 is 27.5 Å². The molecular formula is C12H13BrClN3. The molecule has 2 rings (SSSR count). The third-order valence-corrected chi connectivity index (χ3v) is 3.51. The summed E-state index contributed by atoms with van der Waals surface area (Å²) in [6, 6.07) is 5.70. The number of nitrogens with zero attached hydrogens (tertiary/aromatic N) is 2. The molecule has 5 heteroatoms. The first-order valence-corrected chi connectivity index (χ1v) is 6.49. The van der Waals surface area contributed by atoms with Crippen molar-refractivity contribution < 1.29 is 0 Å². The van der Waals surface area contributed by atoms with Crippen LogP contribution < -0.4 is 5.73 Å². The maximum Gasteiger partial charge on any atom is 0.131 e. The fourth-order valence-electron chi connectivity index (χ4n) is 1.86. The van der Waals surface area contributed by atoms with Crippen molar-refractivity contribution in [2.24, 2.45) is 0 Å². The van der Waals surface area contributed by atoms with Gasteiger partial charge in [0.25, 0.3) is 0 Å². The van der Waals surface area contributed by atoms with Crippen molar-refractivity contribution in [3.05, 3.63) is 33.5 Å². The predicted octanol–water partition coefficient (Wildman–Crippen LogP) is 3.88. The second kappa shape index (κ2) is 4.70. The van der Waals surface area contributed by atoms with Crippen LogP contribution in [-0.2, 0) is 6.54 Å². The summed E-state index contributed by atoms with van der Waals surface area (Å²) in [5, 5.41) is 0.645. The van der Waals surface area contributed by atoms with Gasteiger partial charge in [0.15, 0.2) is 0 Å². The molecule has 0 aliphatic rings. The molecule has 0 aliphatic carbocycles.